The maximum Gasteiger partial charge on any atom is 0.182 e. The van der Waals surface area contributed by atoms with E-state index in [2.05, 4.69) is 4.98 Å². The summed E-state index contributed by atoms with van der Waals surface area (Å²) in [7, 11) is 3.23. The lowest BCUT2D eigenvalue weighted by Crippen LogP contribution is -2.20. The largest absolute Gasteiger partial charge is 0.493 e. The maximum absolute atomic E-state index is 9.82. The van der Waals surface area contributed by atoms with Crippen LogP contribution in [0, 0.1) is 5.92 Å². The third-order valence-electron chi connectivity index (χ3n) is 2.99. The number of thioether (sulfide) groups is 1. The molecule has 0 saturated carbocycles. The molecule has 1 aliphatic rings. The number of hydrogen-bond donors (Lipinski definition) is 1. The van der Waals surface area contributed by atoms with Gasteiger partial charge in [0, 0.05) is 23.9 Å². The van der Waals surface area contributed by atoms with E-state index in [-0.39, 0.29) is 12.0 Å². The normalized spacial score (nSPS) is 23.7. The summed E-state index contributed by atoms with van der Waals surface area (Å²) in [5, 5.41) is 9.82. The van der Waals surface area contributed by atoms with Crippen molar-refractivity contribution in [2.45, 2.75) is 12.5 Å². The molecule has 0 amide bonds. The molecule has 1 aromatic rings. The van der Waals surface area contributed by atoms with Crippen LogP contribution in [-0.2, 0) is 6.42 Å². The lowest BCUT2D eigenvalue weighted by molar-refractivity contribution is 0.148. The molecule has 0 aliphatic carbocycles. The van der Waals surface area contributed by atoms with Gasteiger partial charge in [0.2, 0.25) is 0 Å². The molecule has 2 heterocycles. The summed E-state index contributed by atoms with van der Waals surface area (Å²) in [6, 6.07) is 1.78. The molecule has 1 aromatic heterocycles. The number of aromatic nitrogens is 1. The molecule has 2 atom stereocenters. The van der Waals surface area contributed by atoms with E-state index in [1.165, 1.54) is 0 Å². The second-order valence-corrected chi connectivity index (χ2v) is 5.14. The van der Waals surface area contributed by atoms with Crippen LogP contribution >= 0.6 is 11.8 Å². The molecule has 5 heteroatoms. The Balaban J connectivity index is 2.19. The van der Waals surface area contributed by atoms with Crippen molar-refractivity contribution >= 4 is 11.8 Å². The third-order valence-corrected chi connectivity index (χ3v) is 4.23. The number of hydrogen-bond acceptors (Lipinski definition) is 5. The van der Waals surface area contributed by atoms with Crippen LogP contribution in [0.5, 0.6) is 11.5 Å². The van der Waals surface area contributed by atoms with Crippen LogP contribution < -0.4 is 9.47 Å². The minimum Gasteiger partial charge on any atom is -0.493 e. The van der Waals surface area contributed by atoms with E-state index in [1.807, 2.05) is 0 Å². The Bertz CT molecular complexity index is 386. The molecule has 17 heavy (non-hydrogen) atoms. The molecule has 1 aliphatic heterocycles. The van der Waals surface area contributed by atoms with Gasteiger partial charge in [-0.15, -0.1) is 0 Å². The van der Waals surface area contributed by atoms with E-state index < -0.39 is 0 Å². The smallest absolute Gasteiger partial charge is 0.182 e. The van der Waals surface area contributed by atoms with E-state index in [4.69, 9.17) is 9.47 Å². The molecular weight excluding hydrogens is 238 g/mol. The van der Waals surface area contributed by atoms with Gasteiger partial charge in [-0.25, -0.2) is 0 Å². The zero-order valence-corrected chi connectivity index (χ0v) is 10.9. The number of methoxy groups -OCH3 is 2. The first-order valence-corrected chi connectivity index (χ1v) is 6.73. The van der Waals surface area contributed by atoms with Crippen LogP contribution in [0.15, 0.2) is 12.3 Å². The van der Waals surface area contributed by atoms with Crippen molar-refractivity contribution in [2.24, 2.45) is 5.92 Å². The summed E-state index contributed by atoms with van der Waals surface area (Å²) < 4.78 is 10.6. The van der Waals surface area contributed by atoms with Gasteiger partial charge in [-0.05, 0) is 12.2 Å². The Kier molecular flexibility index (Phi) is 4.12. The van der Waals surface area contributed by atoms with Gasteiger partial charge in [0.15, 0.2) is 11.5 Å². The number of nitrogens with zero attached hydrogens (tertiary/aromatic N) is 1. The molecule has 0 aromatic carbocycles. The van der Waals surface area contributed by atoms with Gasteiger partial charge in [-0.2, -0.15) is 11.8 Å². The minimum absolute atomic E-state index is 0.238. The first-order valence-electron chi connectivity index (χ1n) is 5.58. The fourth-order valence-corrected chi connectivity index (χ4v) is 3.32. The van der Waals surface area contributed by atoms with Crippen LogP contribution in [0.1, 0.15) is 5.69 Å². The van der Waals surface area contributed by atoms with Crippen molar-refractivity contribution in [1.29, 1.82) is 0 Å². The number of ether oxygens (including phenoxy) is 2. The predicted octanol–water partition coefficient (Wildman–Crippen LogP) is 1.37. The summed E-state index contributed by atoms with van der Waals surface area (Å²) in [5.74, 6) is 3.42. The Labute approximate surface area is 105 Å². The Morgan fingerprint density at radius 3 is 2.82 bits per heavy atom. The average molecular weight is 255 g/mol. The second kappa shape index (κ2) is 5.60. The van der Waals surface area contributed by atoms with E-state index in [0.717, 1.165) is 23.6 Å². The van der Waals surface area contributed by atoms with Crippen molar-refractivity contribution in [3.05, 3.63) is 18.0 Å². The zero-order valence-electron chi connectivity index (χ0n) is 10.0. The highest BCUT2D eigenvalue weighted by molar-refractivity contribution is 7.99. The van der Waals surface area contributed by atoms with Gasteiger partial charge in [0.25, 0.3) is 0 Å². The summed E-state index contributed by atoms with van der Waals surface area (Å²) in [6.45, 7) is 0. The molecule has 2 unspecified atom stereocenters. The number of aliphatic hydroxyl groups is 1. The van der Waals surface area contributed by atoms with Crippen LogP contribution in [0.3, 0.4) is 0 Å². The first-order chi connectivity index (χ1) is 8.26. The minimum atomic E-state index is -0.238. The molecule has 1 saturated heterocycles. The quantitative estimate of drug-likeness (QED) is 0.880. The van der Waals surface area contributed by atoms with Crippen molar-refractivity contribution in [3.8, 4) is 11.5 Å². The molecule has 94 valence electrons. The maximum atomic E-state index is 9.82. The lowest BCUT2D eigenvalue weighted by Gasteiger charge is -2.16. The monoisotopic (exact) mass is 255 g/mol. The zero-order chi connectivity index (χ0) is 12.3. The number of rotatable bonds is 4. The van der Waals surface area contributed by atoms with Gasteiger partial charge in [-0.1, -0.05) is 0 Å². The molecule has 0 spiro atoms. The molecule has 0 radical (unpaired) electrons. The summed E-state index contributed by atoms with van der Waals surface area (Å²) in [4.78, 5) is 4.33. The molecule has 1 N–H and O–H groups in total. The van der Waals surface area contributed by atoms with Crippen molar-refractivity contribution in [3.63, 3.8) is 0 Å². The van der Waals surface area contributed by atoms with Crippen LogP contribution in [-0.4, -0.2) is 41.9 Å². The third kappa shape index (κ3) is 2.66. The second-order valence-electron chi connectivity index (χ2n) is 4.06. The number of pyridine rings is 1. The average Bonchev–Trinajstić information content (AvgIpc) is 2.74. The first kappa shape index (κ1) is 12.5. The van der Waals surface area contributed by atoms with Crippen molar-refractivity contribution in [1.82, 2.24) is 4.98 Å². The van der Waals surface area contributed by atoms with Crippen LogP contribution in [0.2, 0.25) is 0 Å². The summed E-state index contributed by atoms with van der Waals surface area (Å²) >= 11 is 1.78. The van der Waals surface area contributed by atoms with Gasteiger partial charge < -0.3 is 14.6 Å². The predicted molar refractivity (Wildman–Crippen MR) is 67.9 cm³/mol. The van der Waals surface area contributed by atoms with E-state index in [1.54, 1.807) is 38.2 Å². The lowest BCUT2D eigenvalue weighted by atomic mass is 9.99. The Hall–Kier alpha value is -0.940. The van der Waals surface area contributed by atoms with Gasteiger partial charge in [-0.3, -0.25) is 4.98 Å². The fraction of sp³-hybridized carbons (Fsp3) is 0.583. The summed E-state index contributed by atoms with van der Waals surface area (Å²) in [6.07, 6.45) is 2.21. The Morgan fingerprint density at radius 1 is 1.41 bits per heavy atom. The highest BCUT2D eigenvalue weighted by Gasteiger charge is 2.27. The summed E-state index contributed by atoms with van der Waals surface area (Å²) in [5.41, 5.74) is 0.860. The van der Waals surface area contributed by atoms with Crippen molar-refractivity contribution in [2.75, 3.05) is 25.7 Å². The fourth-order valence-electron chi connectivity index (χ4n) is 2.03. The van der Waals surface area contributed by atoms with Crippen molar-refractivity contribution < 1.29 is 14.6 Å². The highest BCUT2D eigenvalue weighted by Crippen LogP contribution is 2.33. The SMILES string of the molecule is COc1ccnc(CC2CSCC2O)c1OC. The highest BCUT2D eigenvalue weighted by atomic mass is 32.2. The van der Waals surface area contributed by atoms with Crippen LogP contribution in [0.4, 0.5) is 0 Å². The van der Waals surface area contributed by atoms with Gasteiger partial charge in [0.05, 0.1) is 26.0 Å². The van der Waals surface area contributed by atoms with E-state index in [0.29, 0.717) is 11.5 Å². The standard InChI is InChI=1S/C12H17NO3S/c1-15-11-3-4-13-9(12(11)16-2)5-8-6-17-7-10(8)14/h3-4,8,10,14H,5-7H2,1-2H3. The molecule has 2 rings (SSSR count). The number of aliphatic hydroxyl groups excluding tert-OH is 1. The van der Waals surface area contributed by atoms with E-state index >= 15 is 0 Å². The topological polar surface area (TPSA) is 51.6 Å². The molecule has 0 bridgehead atoms. The molecular formula is C12H17NO3S. The van der Waals surface area contributed by atoms with Gasteiger partial charge in [0.1, 0.15) is 0 Å². The molecule has 1 fully saturated rings. The van der Waals surface area contributed by atoms with E-state index in [9.17, 15) is 5.11 Å². The molecule has 4 nitrogen and oxygen atoms in total. The van der Waals surface area contributed by atoms with Gasteiger partial charge >= 0.3 is 0 Å². The van der Waals surface area contributed by atoms with Crippen LogP contribution in [0.25, 0.3) is 0 Å². The Morgan fingerprint density at radius 2 is 2.24 bits per heavy atom.